The van der Waals surface area contributed by atoms with Crippen LogP contribution in [0, 0.1) is 5.41 Å². The highest BCUT2D eigenvalue weighted by atomic mass is 127. The molecule has 1 saturated heterocycles. The molecular weight excluding hydrogens is 351 g/mol. The van der Waals surface area contributed by atoms with E-state index in [1.54, 1.807) is 0 Å². The van der Waals surface area contributed by atoms with Crippen LogP contribution in [0.15, 0.2) is 17.1 Å². The predicted octanol–water partition coefficient (Wildman–Crippen LogP) is 2.21. The van der Waals surface area contributed by atoms with Crippen LogP contribution in [0.2, 0.25) is 0 Å². The maximum absolute atomic E-state index is 5.77. The van der Waals surface area contributed by atoms with E-state index in [0.29, 0.717) is 17.9 Å². The lowest BCUT2D eigenvalue weighted by Gasteiger charge is -2.38. The van der Waals surface area contributed by atoms with Crippen LogP contribution < -0.4 is 11.1 Å². The zero-order valence-electron chi connectivity index (χ0n) is 12.5. The second kappa shape index (κ2) is 8.79. The maximum Gasteiger partial charge on any atom is 0.188 e. The van der Waals surface area contributed by atoms with Gasteiger partial charge in [-0.1, -0.05) is 26.0 Å². The third-order valence-electron chi connectivity index (χ3n) is 3.23. The molecule has 19 heavy (non-hydrogen) atoms. The molecule has 0 saturated carbocycles. The van der Waals surface area contributed by atoms with Gasteiger partial charge in [0.2, 0.25) is 0 Å². The Labute approximate surface area is 134 Å². The monoisotopic (exact) mass is 380 g/mol. The van der Waals surface area contributed by atoms with Gasteiger partial charge in [-0.15, -0.1) is 24.0 Å². The van der Waals surface area contributed by atoms with Crippen molar-refractivity contribution in [1.29, 1.82) is 0 Å². The molecular formula is C14H29IN4. The van der Waals surface area contributed by atoms with Crippen molar-refractivity contribution in [1.82, 2.24) is 10.2 Å². The fourth-order valence-electron chi connectivity index (χ4n) is 2.35. The summed E-state index contributed by atoms with van der Waals surface area (Å²) >= 11 is 0. The first-order valence-corrected chi connectivity index (χ1v) is 6.79. The number of piperidine rings is 1. The van der Waals surface area contributed by atoms with Crippen molar-refractivity contribution in [3.05, 3.63) is 12.2 Å². The molecule has 1 aliphatic rings. The van der Waals surface area contributed by atoms with Gasteiger partial charge in [0.1, 0.15) is 0 Å². The smallest absolute Gasteiger partial charge is 0.188 e. The molecule has 0 atom stereocenters. The molecule has 0 aliphatic carbocycles. The Hall–Kier alpha value is -0.300. The second-order valence-electron chi connectivity index (χ2n) is 6.13. The highest BCUT2D eigenvalue weighted by Gasteiger charge is 2.25. The SMILES string of the molecule is C=C(C)CN=C(N)NCCN1CCCC(C)(C)C1.I. The topological polar surface area (TPSA) is 53.6 Å². The molecule has 0 bridgehead atoms. The molecule has 0 radical (unpaired) electrons. The van der Waals surface area contributed by atoms with E-state index in [1.807, 2.05) is 6.92 Å². The van der Waals surface area contributed by atoms with E-state index in [-0.39, 0.29) is 24.0 Å². The normalized spacial score (nSPS) is 19.6. The van der Waals surface area contributed by atoms with Crippen LogP contribution in [0.3, 0.4) is 0 Å². The average Bonchev–Trinajstić information content (AvgIpc) is 2.25. The molecule has 1 heterocycles. The van der Waals surface area contributed by atoms with Crippen LogP contribution in [0.25, 0.3) is 0 Å². The number of guanidine groups is 1. The number of rotatable bonds is 5. The van der Waals surface area contributed by atoms with Crippen molar-refractivity contribution in [3.8, 4) is 0 Å². The lowest BCUT2D eigenvalue weighted by Crippen LogP contribution is -2.44. The summed E-state index contributed by atoms with van der Waals surface area (Å²) in [4.78, 5) is 6.70. The molecule has 0 unspecified atom stereocenters. The number of hydrogen-bond acceptors (Lipinski definition) is 2. The van der Waals surface area contributed by atoms with Gasteiger partial charge in [-0.25, -0.2) is 4.99 Å². The molecule has 1 fully saturated rings. The van der Waals surface area contributed by atoms with Crippen molar-refractivity contribution >= 4 is 29.9 Å². The molecule has 4 nitrogen and oxygen atoms in total. The van der Waals surface area contributed by atoms with Gasteiger partial charge in [0.05, 0.1) is 6.54 Å². The standard InChI is InChI=1S/C14H28N4.HI/c1-12(2)10-17-13(15)16-7-9-18-8-5-6-14(3,4)11-18;/h1,5-11H2,2-4H3,(H3,15,16,17);1H. The predicted molar refractivity (Wildman–Crippen MR) is 94.2 cm³/mol. The maximum atomic E-state index is 5.77. The van der Waals surface area contributed by atoms with Crippen molar-refractivity contribution < 1.29 is 0 Å². The van der Waals surface area contributed by atoms with E-state index in [9.17, 15) is 0 Å². The van der Waals surface area contributed by atoms with Crippen LogP contribution in [-0.2, 0) is 0 Å². The second-order valence-corrected chi connectivity index (χ2v) is 6.13. The van der Waals surface area contributed by atoms with Gasteiger partial charge in [0.25, 0.3) is 0 Å². The van der Waals surface area contributed by atoms with Crippen molar-refractivity contribution in [2.75, 3.05) is 32.7 Å². The Bertz CT molecular complexity index is 313. The number of nitrogens with one attached hydrogen (secondary N) is 1. The van der Waals surface area contributed by atoms with E-state index in [0.717, 1.165) is 18.7 Å². The molecule has 5 heteroatoms. The molecule has 0 amide bonds. The summed E-state index contributed by atoms with van der Waals surface area (Å²) in [6.07, 6.45) is 2.63. The molecule has 1 aliphatic heterocycles. The summed E-state index contributed by atoms with van der Waals surface area (Å²) in [5, 5.41) is 3.16. The Morgan fingerprint density at radius 2 is 2.16 bits per heavy atom. The highest BCUT2D eigenvalue weighted by Crippen LogP contribution is 2.27. The lowest BCUT2D eigenvalue weighted by atomic mass is 9.84. The molecule has 0 aromatic carbocycles. The van der Waals surface area contributed by atoms with Crippen LogP contribution >= 0.6 is 24.0 Å². The molecule has 112 valence electrons. The highest BCUT2D eigenvalue weighted by molar-refractivity contribution is 14.0. The fraction of sp³-hybridized carbons (Fsp3) is 0.786. The number of nitrogens with two attached hydrogens (primary N) is 1. The summed E-state index contributed by atoms with van der Waals surface area (Å²) < 4.78 is 0. The molecule has 0 spiro atoms. The number of nitrogens with zero attached hydrogens (tertiary/aromatic N) is 2. The Morgan fingerprint density at radius 3 is 2.74 bits per heavy atom. The van der Waals surface area contributed by atoms with Gasteiger partial charge >= 0.3 is 0 Å². The van der Waals surface area contributed by atoms with Crippen LogP contribution in [-0.4, -0.2) is 43.6 Å². The van der Waals surface area contributed by atoms with Gasteiger partial charge in [-0.2, -0.15) is 0 Å². The fourth-order valence-corrected chi connectivity index (χ4v) is 2.35. The first-order valence-electron chi connectivity index (χ1n) is 6.79. The number of hydrogen-bond donors (Lipinski definition) is 2. The van der Waals surface area contributed by atoms with Gasteiger partial charge in [-0.3, -0.25) is 0 Å². The third-order valence-corrected chi connectivity index (χ3v) is 3.23. The van der Waals surface area contributed by atoms with E-state index < -0.39 is 0 Å². The number of aliphatic imine (C=N–C) groups is 1. The van der Waals surface area contributed by atoms with Gasteiger partial charge in [0, 0.05) is 19.6 Å². The summed E-state index contributed by atoms with van der Waals surface area (Å²) in [7, 11) is 0. The molecule has 0 aromatic heterocycles. The van der Waals surface area contributed by atoms with E-state index in [4.69, 9.17) is 5.73 Å². The molecule has 3 N–H and O–H groups in total. The van der Waals surface area contributed by atoms with Crippen LogP contribution in [0.4, 0.5) is 0 Å². The quantitative estimate of drug-likeness (QED) is 0.333. The van der Waals surface area contributed by atoms with E-state index in [1.165, 1.54) is 25.9 Å². The van der Waals surface area contributed by atoms with Crippen LogP contribution in [0.5, 0.6) is 0 Å². The lowest BCUT2D eigenvalue weighted by molar-refractivity contribution is 0.120. The van der Waals surface area contributed by atoms with Gasteiger partial charge < -0.3 is 16.0 Å². The average molecular weight is 380 g/mol. The molecule has 1 rings (SSSR count). The Kier molecular flexibility index (Phi) is 8.65. The number of likely N-dealkylation sites (tertiary alicyclic amines) is 1. The number of halogens is 1. The van der Waals surface area contributed by atoms with Gasteiger partial charge in [-0.05, 0) is 31.7 Å². The van der Waals surface area contributed by atoms with Crippen molar-refractivity contribution in [2.45, 2.75) is 33.6 Å². The van der Waals surface area contributed by atoms with E-state index in [2.05, 4.69) is 35.6 Å². The zero-order chi connectivity index (χ0) is 13.6. The zero-order valence-corrected chi connectivity index (χ0v) is 14.9. The third kappa shape index (κ3) is 8.47. The summed E-state index contributed by atoms with van der Waals surface area (Å²) in [5.74, 6) is 0.522. The minimum atomic E-state index is 0. The summed E-state index contributed by atoms with van der Waals surface area (Å²) in [5.41, 5.74) is 7.25. The Morgan fingerprint density at radius 1 is 1.47 bits per heavy atom. The first kappa shape index (κ1) is 18.7. The largest absolute Gasteiger partial charge is 0.370 e. The summed E-state index contributed by atoms with van der Waals surface area (Å²) in [6, 6.07) is 0. The van der Waals surface area contributed by atoms with Crippen LogP contribution in [0.1, 0.15) is 33.6 Å². The van der Waals surface area contributed by atoms with Gasteiger partial charge in [0.15, 0.2) is 5.96 Å². The minimum Gasteiger partial charge on any atom is -0.370 e. The summed E-state index contributed by atoms with van der Waals surface area (Å²) in [6.45, 7) is 15.3. The molecule has 0 aromatic rings. The van der Waals surface area contributed by atoms with Crippen molar-refractivity contribution in [2.24, 2.45) is 16.1 Å². The Balaban J connectivity index is 0.00000324. The van der Waals surface area contributed by atoms with E-state index >= 15 is 0 Å². The van der Waals surface area contributed by atoms with Crippen molar-refractivity contribution in [3.63, 3.8) is 0 Å². The first-order chi connectivity index (χ1) is 8.39. The minimum absolute atomic E-state index is 0.